The van der Waals surface area contributed by atoms with Crippen molar-refractivity contribution < 1.29 is 53.7 Å². The van der Waals surface area contributed by atoms with E-state index in [1.165, 1.54) is 17.3 Å². The van der Waals surface area contributed by atoms with Crippen LogP contribution in [0.2, 0.25) is 0 Å². The Morgan fingerprint density at radius 3 is 2.78 bits per heavy atom. The van der Waals surface area contributed by atoms with Gasteiger partial charge in [0.2, 0.25) is 12.7 Å². The van der Waals surface area contributed by atoms with E-state index in [2.05, 4.69) is 5.32 Å². The van der Waals surface area contributed by atoms with Gasteiger partial charge in [-0.3, -0.25) is 4.79 Å². The summed E-state index contributed by atoms with van der Waals surface area (Å²) in [4.78, 5) is 21.4. The number of aryl methyl sites for hydroxylation is 1. The fourth-order valence-electron chi connectivity index (χ4n) is 2.02. The first-order valence-electron chi connectivity index (χ1n) is 7.08. The van der Waals surface area contributed by atoms with Gasteiger partial charge in [-0.15, -0.1) is 0 Å². The van der Waals surface area contributed by atoms with E-state index in [9.17, 15) is 14.7 Å². The number of hydrogen-bond donors (Lipinski definition) is 1. The van der Waals surface area contributed by atoms with Crippen molar-refractivity contribution in [3.63, 3.8) is 0 Å². The maximum absolute atomic E-state index is 11.3. The molecule has 0 bridgehead atoms. The predicted molar refractivity (Wildman–Crippen MR) is 80.8 cm³/mol. The molecule has 0 saturated carbocycles. The number of carbonyl (C=O) groups is 2. The number of aliphatic carboxylic acids is 1. The van der Waals surface area contributed by atoms with Gasteiger partial charge in [-0.1, -0.05) is 6.07 Å². The van der Waals surface area contributed by atoms with Crippen LogP contribution in [-0.2, 0) is 16.0 Å². The summed E-state index contributed by atoms with van der Waals surface area (Å²) >= 11 is 1.50. The normalized spacial score (nSPS) is 11.7. The van der Waals surface area contributed by atoms with Gasteiger partial charge in [0.15, 0.2) is 11.5 Å². The summed E-state index contributed by atoms with van der Waals surface area (Å²) in [6.07, 6.45) is 2.97. The topological polar surface area (TPSA) is 87.7 Å². The van der Waals surface area contributed by atoms with E-state index in [1.807, 2.05) is 18.2 Å². The molecule has 1 aliphatic heterocycles. The Hall–Kier alpha value is -0.890. The predicted octanol–water partition coefficient (Wildman–Crippen LogP) is -2.66. The van der Waals surface area contributed by atoms with Crippen LogP contribution in [0, 0.1) is 0 Å². The van der Waals surface area contributed by atoms with Crippen LogP contribution in [-0.4, -0.2) is 36.7 Å². The van der Waals surface area contributed by atoms with Gasteiger partial charge in [0.1, 0.15) is 0 Å². The van der Waals surface area contributed by atoms with Gasteiger partial charge in [-0.25, -0.2) is 0 Å². The molecule has 0 spiro atoms. The molecule has 1 heterocycles. The second-order valence-electron chi connectivity index (χ2n) is 4.85. The number of hydrogen-bond acceptors (Lipinski definition) is 6. The third-order valence-electron chi connectivity index (χ3n) is 3.10. The number of carboxylic acid groups (broad SMARTS) is 1. The number of carbonyl (C=O) groups excluding carboxylic acids is 2. The van der Waals surface area contributed by atoms with Crippen LogP contribution >= 0.6 is 11.8 Å². The molecule has 0 saturated heterocycles. The molecular weight excluding hydrogens is 329 g/mol. The van der Waals surface area contributed by atoms with E-state index >= 15 is 0 Å². The molecule has 6 nitrogen and oxygen atoms in total. The maximum Gasteiger partial charge on any atom is 1.00 e. The van der Waals surface area contributed by atoms with Gasteiger partial charge in [-0.2, -0.15) is 11.8 Å². The average Bonchev–Trinajstić information content (AvgIpc) is 2.96. The van der Waals surface area contributed by atoms with Crippen molar-refractivity contribution >= 4 is 23.6 Å². The van der Waals surface area contributed by atoms with Gasteiger partial charge in [0.25, 0.3) is 0 Å². The van der Waals surface area contributed by atoms with Crippen LogP contribution in [0.15, 0.2) is 18.2 Å². The van der Waals surface area contributed by atoms with E-state index in [-0.39, 0.29) is 48.0 Å². The van der Waals surface area contributed by atoms with Crippen LogP contribution in [0.25, 0.3) is 0 Å². The molecule has 0 aliphatic carbocycles. The van der Waals surface area contributed by atoms with E-state index in [0.29, 0.717) is 0 Å². The Morgan fingerprint density at radius 2 is 2.00 bits per heavy atom. The Morgan fingerprint density at radius 1 is 1.22 bits per heavy atom. The zero-order valence-corrected chi connectivity index (χ0v) is 15.9. The standard InChI is InChI=1S/C15H19NO5S.Na/c17-14(16-8-15(18)19)9-22-6-2-1-3-11-4-5-12-13(7-11)21-10-20-12;/h4-5,7H,1-3,6,8-10H2,(H,16,17)(H,18,19);/q;+1/p-1. The fraction of sp³-hybridized carbons (Fsp3) is 0.467. The third kappa shape index (κ3) is 7.48. The molecule has 1 N–H and O–H groups in total. The summed E-state index contributed by atoms with van der Waals surface area (Å²) in [6.45, 7) is -0.140. The molecule has 120 valence electrons. The maximum atomic E-state index is 11.3. The molecular formula is C15H18NNaO5S. The van der Waals surface area contributed by atoms with E-state index in [4.69, 9.17) is 9.47 Å². The zero-order valence-electron chi connectivity index (χ0n) is 13.1. The summed E-state index contributed by atoms with van der Waals surface area (Å²) in [5.41, 5.74) is 1.21. The van der Waals surface area contributed by atoms with Crippen LogP contribution in [0.5, 0.6) is 11.5 Å². The van der Waals surface area contributed by atoms with Gasteiger partial charge in [0.05, 0.1) is 18.3 Å². The van der Waals surface area contributed by atoms with Crippen LogP contribution in [0.3, 0.4) is 0 Å². The van der Waals surface area contributed by atoms with Crippen molar-refractivity contribution in [1.82, 2.24) is 5.32 Å². The van der Waals surface area contributed by atoms with Gasteiger partial charge in [-0.05, 0) is 42.7 Å². The van der Waals surface area contributed by atoms with Gasteiger partial charge < -0.3 is 24.7 Å². The number of nitrogens with one attached hydrogen (secondary N) is 1. The third-order valence-corrected chi connectivity index (χ3v) is 4.15. The number of benzene rings is 1. The Bertz CT molecular complexity index is 541. The van der Waals surface area contributed by atoms with E-state index in [0.717, 1.165) is 36.5 Å². The molecule has 8 heteroatoms. The molecule has 1 aromatic rings. The molecule has 0 aromatic heterocycles. The molecule has 0 atom stereocenters. The smallest absolute Gasteiger partial charge is 0.548 e. The second kappa shape index (κ2) is 10.8. The SMILES string of the molecule is O=C([O-])CNC(=O)CSCCCCc1ccc2c(c1)OCO2.[Na+]. The number of fused-ring (bicyclic) bond motifs is 1. The van der Waals surface area contributed by atoms with Crippen molar-refractivity contribution in [2.24, 2.45) is 0 Å². The van der Waals surface area contributed by atoms with E-state index < -0.39 is 12.5 Å². The Labute approximate surface area is 161 Å². The van der Waals surface area contributed by atoms with Crippen molar-refractivity contribution in [1.29, 1.82) is 0 Å². The minimum Gasteiger partial charge on any atom is -0.548 e. The Kier molecular flexibility index (Phi) is 9.47. The van der Waals surface area contributed by atoms with Crippen LogP contribution in [0.1, 0.15) is 18.4 Å². The quantitative estimate of drug-likeness (QED) is 0.388. The molecule has 1 aromatic carbocycles. The summed E-state index contributed by atoms with van der Waals surface area (Å²) in [5, 5.41) is 12.5. The minimum absolute atomic E-state index is 0. The molecule has 0 radical (unpaired) electrons. The minimum atomic E-state index is -1.28. The van der Waals surface area contributed by atoms with Gasteiger partial charge in [0, 0.05) is 0 Å². The Balaban J connectivity index is 0.00000264. The van der Waals surface area contributed by atoms with Crippen molar-refractivity contribution in [2.75, 3.05) is 24.8 Å². The number of amides is 1. The fourth-order valence-corrected chi connectivity index (χ4v) is 2.86. The summed E-state index contributed by atoms with van der Waals surface area (Å²) in [6, 6.07) is 5.96. The monoisotopic (exact) mass is 347 g/mol. The molecule has 23 heavy (non-hydrogen) atoms. The summed E-state index contributed by atoms with van der Waals surface area (Å²) in [7, 11) is 0. The number of rotatable bonds is 9. The van der Waals surface area contributed by atoms with E-state index in [1.54, 1.807) is 0 Å². The summed E-state index contributed by atoms with van der Waals surface area (Å²) < 4.78 is 10.6. The number of unbranched alkanes of at least 4 members (excludes halogenated alkanes) is 1. The van der Waals surface area contributed by atoms with Crippen LogP contribution in [0.4, 0.5) is 0 Å². The molecule has 0 fully saturated rings. The second-order valence-corrected chi connectivity index (χ2v) is 5.95. The molecule has 1 aliphatic rings. The molecule has 2 rings (SSSR count). The molecule has 1 amide bonds. The van der Waals surface area contributed by atoms with Crippen LogP contribution < -0.4 is 49.5 Å². The number of thioether (sulfide) groups is 1. The molecule has 0 unspecified atom stereocenters. The number of carboxylic acids is 1. The zero-order chi connectivity index (χ0) is 15.8. The van der Waals surface area contributed by atoms with Crippen molar-refractivity contribution in [2.45, 2.75) is 19.3 Å². The summed E-state index contributed by atoms with van der Waals surface area (Å²) in [5.74, 6) is 1.19. The number of ether oxygens (including phenoxy) is 2. The van der Waals surface area contributed by atoms with Crippen molar-refractivity contribution in [3.8, 4) is 11.5 Å². The first-order valence-corrected chi connectivity index (χ1v) is 8.23. The average molecular weight is 347 g/mol. The largest absolute Gasteiger partial charge is 1.00 e. The van der Waals surface area contributed by atoms with Crippen molar-refractivity contribution in [3.05, 3.63) is 23.8 Å². The van der Waals surface area contributed by atoms with Gasteiger partial charge >= 0.3 is 29.6 Å². The first kappa shape index (κ1) is 20.2. The first-order chi connectivity index (χ1) is 10.6.